The van der Waals surface area contributed by atoms with Crippen LogP contribution in [0.2, 0.25) is 0 Å². The number of halogens is 1. The van der Waals surface area contributed by atoms with Crippen molar-refractivity contribution >= 4 is 21.7 Å². The zero-order chi connectivity index (χ0) is 11.7. The lowest BCUT2D eigenvalue weighted by Crippen LogP contribution is -2.17. The van der Waals surface area contributed by atoms with Crippen LogP contribution in [0.5, 0.6) is 0 Å². The van der Waals surface area contributed by atoms with Gasteiger partial charge in [-0.2, -0.15) is 5.10 Å². The van der Waals surface area contributed by atoms with Gasteiger partial charge in [-0.1, -0.05) is 0 Å². The van der Waals surface area contributed by atoms with Gasteiger partial charge in [-0.25, -0.2) is 0 Å². The number of ketones is 1. The summed E-state index contributed by atoms with van der Waals surface area (Å²) in [4.78, 5) is 11.2. The van der Waals surface area contributed by atoms with E-state index in [1.165, 1.54) is 5.69 Å². The van der Waals surface area contributed by atoms with Gasteiger partial charge in [0.2, 0.25) is 0 Å². The van der Waals surface area contributed by atoms with E-state index in [4.69, 9.17) is 0 Å². The molecule has 2 rings (SSSR count). The summed E-state index contributed by atoms with van der Waals surface area (Å²) in [5, 5.41) is 4.45. The number of hydrogen-bond acceptors (Lipinski definition) is 2. The van der Waals surface area contributed by atoms with Gasteiger partial charge >= 0.3 is 0 Å². The van der Waals surface area contributed by atoms with E-state index in [-0.39, 0.29) is 0 Å². The molecule has 1 saturated carbocycles. The van der Waals surface area contributed by atoms with Crippen LogP contribution >= 0.6 is 15.9 Å². The zero-order valence-electron chi connectivity index (χ0n) is 9.74. The van der Waals surface area contributed by atoms with Gasteiger partial charge in [0.05, 0.1) is 0 Å². The lowest BCUT2D eigenvalue weighted by molar-refractivity contribution is -0.120. The van der Waals surface area contributed by atoms with Crippen molar-refractivity contribution in [1.82, 2.24) is 9.78 Å². The fourth-order valence-electron chi connectivity index (χ4n) is 2.33. The molecule has 1 aromatic heterocycles. The molecule has 0 bridgehead atoms. The maximum absolute atomic E-state index is 11.2. The number of Topliss-reactive ketones (excluding diaryl/α,β-unsaturated/α-hetero) is 1. The number of aromatic nitrogens is 2. The lowest BCUT2D eigenvalue weighted by atomic mass is 9.86. The molecule has 0 N–H and O–H groups in total. The Labute approximate surface area is 104 Å². The highest BCUT2D eigenvalue weighted by Crippen LogP contribution is 2.33. The quantitative estimate of drug-likeness (QED) is 0.834. The van der Waals surface area contributed by atoms with Crippen LogP contribution in [0.4, 0.5) is 0 Å². The molecule has 0 unspecified atom stereocenters. The summed E-state index contributed by atoms with van der Waals surface area (Å²) < 4.78 is 2.97. The van der Waals surface area contributed by atoms with Crippen LogP contribution in [0.1, 0.15) is 57.2 Å². The van der Waals surface area contributed by atoms with E-state index in [0.29, 0.717) is 17.7 Å². The molecule has 3 nitrogen and oxygen atoms in total. The minimum atomic E-state index is 0.374. The number of nitrogens with zero attached hydrogens (tertiary/aromatic N) is 2. The summed E-state index contributed by atoms with van der Waals surface area (Å²) in [6.45, 7) is 4.27. The molecule has 1 aliphatic rings. The Bertz CT molecular complexity index is 388. The maximum atomic E-state index is 11.2. The summed E-state index contributed by atoms with van der Waals surface area (Å²) in [6, 6.07) is 2.47. The molecule has 4 heteroatoms. The summed E-state index contributed by atoms with van der Waals surface area (Å²) >= 11 is 3.43. The van der Waals surface area contributed by atoms with Crippen LogP contribution in [0, 0.1) is 0 Å². The molecular weight excluding hydrogens is 268 g/mol. The molecular formula is C12H17BrN2O. The highest BCUT2D eigenvalue weighted by Gasteiger charge is 2.24. The second-order valence-corrected chi connectivity index (χ2v) is 5.56. The highest BCUT2D eigenvalue weighted by molar-refractivity contribution is 9.10. The minimum Gasteiger partial charge on any atom is -0.300 e. The number of hydrogen-bond donors (Lipinski definition) is 0. The average molecular weight is 285 g/mol. The van der Waals surface area contributed by atoms with Gasteiger partial charge in [0.1, 0.15) is 10.4 Å². The van der Waals surface area contributed by atoms with Crippen molar-refractivity contribution < 1.29 is 4.79 Å². The Morgan fingerprint density at radius 3 is 2.62 bits per heavy atom. The fraction of sp³-hybridized carbons (Fsp3) is 0.667. The molecule has 88 valence electrons. The zero-order valence-corrected chi connectivity index (χ0v) is 11.3. The summed E-state index contributed by atoms with van der Waals surface area (Å²) in [5.41, 5.74) is 1.27. The van der Waals surface area contributed by atoms with E-state index in [1.54, 1.807) is 0 Å². The van der Waals surface area contributed by atoms with Crippen molar-refractivity contribution in [2.24, 2.45) is 0 Å². The van der Waals surface area contributed by atoms with Crippen molar-refractivity contribution in [3.8, 4) is 0 Å². The number of carbonyl (C=O) groups is 1. The molecule has 0 aromatic carbocycles. The normalized spacial score (nSPS) is 18.4. The maximum Gasteiger partial charge on any atom is 0.132 e. The molecule has 0 radical (unpaired) electrons. The second-order valence-electron chi connectivity index (χ2n) is 4.74. The molecule has 1 aliphatic carbocycles. The van der Waals surface area contributed by atoms with Crippen LogP contribution in [0.15, 0.2) is 10.7 Å². The Kier molecular flexibility index (Phi) is 3.47. The van der Waals surface area contributed by atoms with Gasteiger partial charge in [-0.05, 0) is 48.7 Å². The summed E-state index contributed by atoms with van der Waals surface area (Å²) in [6.07, 6.45) is 3.41. The van der Waals surface area contributed by atoms with Crippen LogP contribution < -0.4 is 0 Å². The predicted molar refractivity (Wildman–Crippen MR) is 66.5 cm³/mol. The van der Waals surface area contributed by atoms with Gasteiger partial charge in [0, 0.05) is 30.5 Å². The van der Waals surface area contributed by atoms with Gasteiger partial charge in [0.25, 0.3) is 0 Å². The largest absolute Gasteiger partial charge is 0.300 e. The van der Waals surface area contributed by atoms with Crippen LogP contribution in [0.25, 0.3) is 0 Å². The van der Waals surface area contributed by atoms with Gasteiger partial charge in [-0.3, -0.25) is 9.48 Å². The number of carbonyl (C=O) groups excluding carboxylic acids is 1. The van der Waals surface area contributed by atoms with E-state index in [1.807, 2.05) is 0 Å². The topological polar surface area (TPSA) is 34.9 Å². The fourth-order valence-corrected chi connectivity index (χ4v) is 2.74. The third-order valence-corrected chi connectivity index (χ3v) is 3.57. The van der Waals surface area contributed by atoms with Crippen LogP contribution in [0.3, 0.4) is 0 Å². The van der Waals surface area contributed by atoms with E-state index in [2.05, 4.69) is 45.6 Å². The van der Waals surface area contributed by atoms with Crippen molar-refractivity contribution in [3.63, 3.8) is 0 Å². The first-order valence-electron chi connectivity index (χ1n) is 5.84. The standard InChI is InChI=1S/C12H17BrN2O/c1-8(2)15-11(7-12(13)14-15)9-3-5-10(16)6-4-9/h7-9H,3-6H2,1-2H3. The van der Waals surface area contributed by atoms with Gasteiger partial charge in [0.15, 0.2) is 0 Å². The van der Waals surface area contributed by atoms with Crippen molar-refractivity contribution in [1.29, 1.82) is 0 Å². The Morgan fingerprint density at radius 1 is 1.44 bits per heavy atom. The highest BCUT2D eigenvalue weighted by atomic mass is 79.9. The SMILES string of the molecule is CC(C)n1nc(Br)cc1C1CCC(=O)CC1. The smallest absolute Gasteiger partial charge is 0.132 e. The Morgan fingerprint density at radius 2 is 2.06 bits per heavy atom. The third-order valence-electron chi connectivity index (χ3n) is 3.19. The van der Waals surface area contributed by atoms with Gasteiger partial charge in [-0.15, -0.1) is 0 Å². The monoisotopic (exact) mass is 284 g/mol. The Hall–Kier alpha value is -0.640. The van der Waals surface area contributed by atoms with Crippen LogP contribution in [-0.4, -0.2) is 15.6 Å². The molecule has 1 heterocycles. The molecule has 0 aliphatic heterocycles. The van der Waals surface area contributed by atoms with E-state index >= 15 is 0 Å². The molecule has 16 heavy (non-hydrogen) atoms. The van der Waals surface area contributed by atoms with E-state index in [0.717, 1.165) is 30.3 Å². The first kappa shape index (κ1) is 11.8. The summed E-state index contributed by atoms with van der Waals surface area (Å²) in [7, 11) is 0. The lowest BCUT2D eigenvalue weighted by Gasteiger charge is -2.23. The van der Waals surface area contributed by atoms with Crippen LogP contribution in [-0.2, 0) is 4.79 Å². The summed E-state index contributed by atoms with van der Waals surface area (Å²) in [5.74, 6) is 0.907. The molecule has 0 atom stereocenters. The molecule has 1 aromatic rings. The van der Waals surface area contributed by atoms with Crippen molar-refractivity contribution in [2.45, 2.75) is 51.5 Å². The predicted octanol–water partition coefficient (Wildman–Crippen LogP) is 3.45. The molecule has 0 spiro atoms. The van der Waals surface area contributed by atoms with Crippen molar-refractivity contribution in [2.75, 3.05) is 0 Å². The first-order chi connectivity index (χ1) is 7.58. The minimum absolute atomic E-state index is 0.374. The van der Waals surface area contributed by atoms with E-state index in [9.17, 15) is 4.79 Å². The van der Waals surface area contributed by atoms with Gasteiger partial charge < -0.3 is 0 Å². The molecule has 1 fully saturated rings. The molecule has 0 amide bonds. The number of rotatable bonds is 2. The molecule has 0 saturated heterocycles. The van der Waals surface area contributed by atoms with E-state index < -0.39 is 0 Å². The Balaban J connectivity index is 2.22. The third kappa shape index (κ3) is 2.37. The van der Waals surface area contributed by atoms with Crippen molar-refractivity contribution in [3.05, 3.63) is 16.4 Å². The first-order valence-corrected chi connectivity index (χ1v) is 6.64. The average Bonchev–Trinajstić information content (AvgIpc) is 2.61. The second kappa shape index (κ2) is 4.70.